The summed E-state index contributed by atoms with van der Waals surface area (Å²) in [7, 11) is 0. The van der Waals surface area contributed by atoms with Crippen LogP contribution < -0.4 is 0 Å². The minimum Gasteiger partial charge on any atom is -0.207 e. The van der Waals surface area contributed by atoms with Crippen LogP contribution in [0.25, 0.3) is 11.1 Å². The Hall–Kier alpha value is -2.25. The fourth-order valence-electron chi connectivity index (χ4n) is 1.41. The molecule has 0 aliphatic heterocycles. The molecular weight excluding hydrogens is 219 g/mol. The third-order valence-electron chi connectivity index (χ3n) is 2.21. The van der Waals surface area contributed by atoms with Gasteiger partial charge in [0.25, 0.3) is 0 Å². The van der Waals surface area contributed by atoms with Crippen LogP contribution in [0.4, 0.5) is 4.39 Å². The first-order chi connectivity index (χ1) is 8.17. The number of carbonyl (C=O) groups excluding carboxylic acids is 2. The fourth-order valence-corrected chi connectivity index (χ4v) is 1.41. The number of benzene rings is 2. The Morgan fingerprint density at radius 2 is 1.53 bits per heavy atom. The van der Waals surface area contributed by atoms with E-state index >= 15 is 0 Å². The van der Waals surface area contributed by atoms with E-state index in [0.717, 1.165) is 11.1 Å². The van der Waals surface area contributed by atoms with E-state index in [2.05, 4.69) is 0 Å². The molecule has 0 bridgehead atoms. The Bertz CT molecular complexity index is 512. The monoisotopic (exact) mass is 230 g/mol. The molecule has 3 heteroatoms. The summed E-state index contributed by atoms with van der Waals surface area (Å²) in [5, 5.41) is 0. The van der Waals surface area contributed by atoms with Gasteiger partial charge >= 0.3 is 6.15 Å². The third-order valence-corrected chi connectivity index (χ3v) is 2.21. The van der Waals surface area contributed by atoms with Crippen molar-refractivity contribution in [2.45, 2.75) is 6.92 Å². The van der Waals surface area contributed by atoms with Crippen molar-refractivity contribution < 1.29 is 14.0 Å². The summed E-state index contributed by atoms with van der Waals surface area (Å²) in [6.45, 7) is 2.04. The van der Waals surface area contributed by atoms with Crippen LogP contribution in [0.3, 0.4) is 0 Å². The van der Waals surface area contributed by atoms with Gasteiger partial charge in [-0.05, 0) is 30.2 Å². The van der Waals surface area contributed by atoms with Crippen molar-refractivity contribution >= 4 is 6.15 Å². The highest BCUT2D eigenvalue weighted by molar-refractivity contribution is 5.63. The van der Waals surface area contributed by atoms with Crippen molar-refractivity contribution in [3.63, 3.8) is 0 Å². The summed E-state index contributed by atoms with van der Waals surface area (Å²) in [5.74, 6) is -0.192. The Labute approximate surface area is 98.7 Å². The van der Waals surface area contributed by atoms with Crippen LogP contribution in [-0.2, 0) is 9.59 Å². The van der Waals surface area contributed by atoms with Gasteiger partial charge in [-0.15, -0.1) is 0 Å². The second-order valence-electron chi connectivity index (χ2n) is 3.46. The molecule has 0 spiro atoms. The second-order valence-corrected chi connectivity index (χ2v) is 3.46. The van der Waals surface area contributed by atoms with E-state index in [0.29, 0.717) is 0 Å². The first-order valence-electron chi connectivity index (χ1n) is 4.99. The lowest BCUT2D eigenvalue weighted by Gasteiger charge is -2.01. The Balaban J connectivity index is 0.000000437. The molecule has 2 rings (SSSR count). The van der Waals surface area contributed by atoms with E-state index in [4.69, 9.17) is 9.59 Å². The summed E-state index contributed by atoms with van der Waals surface area (Å²) >= 11 is 0. The molecule has 0 N–H and O–H groups in total. The zero-order chi connectivity index (χ0) is 12.7. The zero-order valence-corrected chi connectivity index (χ0v) is 9.31. The Morgan fingerprint density at radius 1 is 0.941 bits per heavy atom. The van der Waals surface area contributed by atoms with Gasteiger partial charge in [0, 0.05) is 0 Å². The minimum absolute atomic E-state index is 0.192. The third kappa shape index (κ3) is 4.01. The van der Waals surface area contributed by atoms with Gasteiger partial charge in [-0.25, -0.2) is 4.39 Å². The van der Waals surface area contributed by atoms with E-state index in [-0.39, 0.29) is 12.0 Å². The van der Waals surface area contributed by atoms with Gasteiger partial charge in [0.15, 0.2) is 0 Å². The van der Waals surface area contributed by atoms with Gasteiger partial charge in [-0.3, -0.25) is 0 Å². The Kier molecular flexibility index (Phi) is 4.79. The molecule has 0 atom stereocenters. The van der Waals surface area contributed by atoms with E-state index in [9.17, 15) is 4.39 Å². The predicted octanol–water partition coefficient (Wildman–Crippen LogP) is 3.22. The van der Waals surface area contributed by atoms with Gasteiger partial charge in [0.1, 0.15) is 5.82 Å². The number of hydrogen-bond donors (Lipinski definition) is 0. The lowest BCUT2D eigenvalue weighted by Crippen LogP contribution is -1.80. The Morgan fingerprint density at radius 3 is 2.06 bits per heavy atom. The lowest BCUT2D eigenvalue weighted by molar-refractivity contribution is -0.191. The summed E-state index contributed by atoms with van der Waals surface area (Å²) in [6.07, 6.45) is 0.250. The highest BCUT2D eigenvalue weighted by atomic mass is 19.1. The first kappa shape index (κ1) is 12.8. The fraction of sp³-hybridized carbons (Fsp3) is 0.0714. The smallest absolute Gasteiger partial charge is 0.207 e. The molecule has 0 amide bonds. The van der Waals surface area contributed by atoms with Crippen molar-refractivity contribution in [1.82, 2.24) is 0 Å². The predicted molar refractivity (Wildman–Crippen MR) is 61.6 cm³/mol. The summed E-state index contributed by atoms with van der Waals surface area (Å²) in [4.78, 5) is 16.2. The van der Waals surface area contributed by atoms with E-state index < -0.39 is 0 Å². The number of rotatable bonds is 1. The van der Waals surface area contributed by atoms with E-state index in [1.54, 1.807) is 12.1 Å². The van der Waals surface area contributed by atoms with Crippen LogP contribution >= 0.6 is 0 Å². The molecule has 2 nitrogen and oxygen atoms in total. The van der Waals surface area contributed by atoms with Crippen molar-refractivity contribution in [3.8, 4) is 11.1 Å². The molecule has 0 aromatic heterocycles. The van der Waals surface area contributed by atoms with Gasteiger partial charge in [0.2, 0.25) is 0 Å². The van der Waals surface area contributed by atoms with E-state index in [1.165, 1.54) is 11.6 Å². The maximum absolute atomic E-state index is 12.9. The summed E-state index contributed by atoms with van der Waals surface area (Å²) < 4.78 is 12.9. The van der Waals surface area contributed by atoms with Gasteiger partial charge < -0.3 is 0 Å². The van der Waals surface area contributed by atoms with Gasteiger partial charge in [0.05, 0.1) is 0 Å². The first-order valence-corrected chi connectivity index (χ1v) is 4.99. The van der Waals surface area contributed by atoms with Crippen molar-refractivity contribution in [3.05, 3.63) is 59.9 Å². The van der Waals surface area contributed by atoms with Crippen LogP contribution in [0, 0.1) is 12.7 Å². The van der Waals surface area contributed by atoms with Crippen LogP contribution in [-0.4, -0.2) is 6.15 Å². The quantitative estimate of drug-likeness (QED) is 0.753. The molecule has 0 heterocycles. The molecule has 2 aromatic rings. The molecule has 0 aliphatic rings. The molecule has 0 aliphatic carbocycles. The number of halogens is 1. The lowest BCUT2D eigenvalue weighted by atomic mass is 10.0. The standard InChI is InChI=1S/C13H11F.CO2/c1-10-5-7-11(8-6-10)12-3-2-4-13(14)9-12;2-1-3/h2-9H,1H3;. The van der Waals surface area contributed by atoms with Crippen LogP contribution in [0.2, 0.25) is 0 Å². The van der Waals surface area contributed by atoms with Crippen LogP contribution in [0.1, 0.15) is 5.56 Å². The summed E-state index contributed by atoms with van der Waals surface area (Å²) in [6, 6.07) is 14.7. The van der Waals surface area contributed by atoms with Crippen LogP contribution in [0.15, 0.2) is 48.5 Å². The van der Waals surface area contributed by atoms with Crippen LogP contribution in [0.5, 0.6) is 0 Å². The molecular formula is C14H11FO2. The molecule has 86 valence electrons. The average molecular weight is 230 g/mol. The van der Waals surface area contributed by atoms with Gasteiger partial charge in [-0.2, -0.15) is 9.59 Å². The molecule has 0 saturated heterocycles. The number of aryl methyl sites for hydroxylation is 1. The molecule has 17 heavy (non-hydrogen) atoms. The second kappa shape index (κ2) is 6.36. The normalized spacial score (nSPS) is 8.82. The highest BCUT2D eigenvalue weighted by Crippen LogP contribution is 2.20. The molecule has 0 fully saturated rings. The maximum Gasteiger partial charge on any atom is 0.373 e. The summed E-state index contributed by atoms with van der Waals surface area (Å²) in [5.41, 5.74) is 3.19. The maximum atomic E-state index is 12.9. The minimum atomic E-state index is -0.192. The molecule has 0 radical (unpaired) electrons. The van der Waals surface area contributed by atoms with E-state index in [1.807, 2.05) is 37.3 Å². The molecule has 0 unspecified atom stereocenters. The van der Waals surface area contributed by atoms with Crippen molar-refractivity contribution in [2.24, 2.45) is 0 Å². The average Bonchev–Trinajstić information content (AvgIpc) is 2.31. The molecule has 2 aromatic carbocycles. The zero-order valence-electron chi connectivity index (χ0n) is 9.31. The van der Waals surface area contributed by atoms with Gasteiger partial charge in [-0.1, -0.05) is 42.0 Å². The van der Waals surface area contributed by atoms with Crippen molar-refractivity contribution in [1.29, 1.82) is 0 Å². The van der Waals surface area contributed by atoms with Crippen molar-refractivity contribution in [2.75, 3.05) is 0 Å². The number of hydrogen-bond acceptors (Lipinski definition) is 2. The molecule has 0 saturated carbocycles. The largest absolute Gasteiger partial charge is 0.373 e. The topological polar surface area (TPSA) is 34.1 Å². The SMILES string of the molecule is Cc1ccc(-c2cccc(F)c2)cc1.O=C=O. The highest BCUT2D eigenvalue weighted by Gasteiger charge is 1.97.